The van der Waals surface area contributed by atoms with Crippen molar-refractivity contribution in [2.75, 3.05) is 24.3 Å². The normalized spacial score (nSPS) is 28.3. The molecule has 11 nitrogen and oxygen atoms in total. The molecule has 1 fully saturated rings. The summed E-state index contributed by atoms with van der Waals surface area (Å²) in [6.07, 6.45) is 0.447. The van der Waals surface area contributed by atoms with Gasteiger partial charge < -0.3 is 36.4 Å². The molecule has 2 aromatic rings. The minimum Gasteiger partial charge on any atom is -0.508 e. The number of carbonyl (C=O) groups is 3. The second kappa shape index (κ2) is 9.10. The number of phenols is 1. The van der Waals surface area contributed by atoms with Crippen LogP contribution in [0.1, 0.15) is 34.3 Å². The maximum absolute atomic E-state index is 13.9. The number of amides is 1. The fourth-order valence-electron chi connectivity index (χ4n) is 6.22. The summed E-state index contributed by atoms with van der Waals surface area (Å²) in [5.74, 6) is -6.66. The minimum absolute atomic E-state index is 0.0105. The van der Waals surface area contributed by atoms with Crippen LogP contribution in [0.25, 0.3) is 0 Å². The van der Waals surface area contributed by atoms with Gasteiger partial charge in [0, 0.05) is 49.6 Å². The molecule has 3 aliphatic rings. The van der Waals surface area contributed by atoms with E-state index in [4.69, 9.17) is 5.73 Å². The van der Waals surface area contributed by atoms with Crippen LogP contribution in [0.4, 0.5) is 11.5 Å². The molecule has 11 heteroatoms. The van der Waals surface area contributed by atoms with E-state index in [9.17, 15) is 34.8 Å². The van der Waals surface area contributed by atoms with Gasteiger partial charge in [-0.3, -0.25) is 14.4 Å². The van der Waals surface area contributed by atoms with Crippen molar-refractivity contribution in [3.05, 3.63) is 58.5 Å². The fraction of sp³-hybridized carbons (Fsp3) is 0.407. The standard InChI is InChI=1S/C27H30N4O7/c1-31(2)16-9-13(11-30-18-5-3-4-6-29-18)22(33)20-15(16)8-12-7-14-10-17(32)21(26(28)37)25(36)27(14,38)24(35)19(12)23(20)34/h3-6,9,12,14,17,21,32-33,35,38H,7-8,10-11H2,1-2H3,(H2,28,37)(H,29,30)/t12-,14+,17?,21?,27+/m1/s1. The molecule has 0 saturated heterocycles. The number of aliphatic hydroxyl groups is 3. The van der Waals surface area contributed by atoms with E-state index in [1.54, 1.807) is 24.4 Å². The average molecular weight is 523 g/mol. The number of aliphatic hydroxyl groups excluding tert-OH is 2. The molecule has 1 heterocycles. The van der Waals surface area contributed by atoms with Gasteiger partial charge in [0.2, 0.25) is 5.91 Å². The number of Topliss-reactive ketones (excluding diaryl/α,β-unsaturated/α-hetero) is 2. The van der Waals surface area contributed by atoms with Crippen molar-refractivity contribution in [2.45, 2.75) is 37.5 Å². The second-order valence-electron chi connectivity index (χ2n) is 10.5. The molecule has 0 radical (unpaired) electrons. The van der Waals surface area contributed by atoms with Crippen molar-refractivity contribution in [3.63, 3.8) is 0 Å². The van der Waals surface area contributed by atoms with Gasteiger partial charge in [-0.15, -0.1) is 0 Å². The third kappa shape index (κ3) is 3.72. The first-order valence-corrected chi connectivity index (χ1v) is 12.4. The van der Waals surface area contributed by atoms with E-state index in [1.165, 1.54) is 0 Å². The number of hydrogen-bond donors (Lipinski definition) is 6. The zero-order chi connectivity index (χ0) is 27.5. The van der Waals surface area contributed by atoms with Crippen LogP contribution in [0.15, 0.2) is 41.8 Å². The maximum atomic E-state index is 13.9. The number of pyridine rings is 1. The van der Waals surface area contributed by atoms with E-state index in [1.807, 2.05) is 25.1 Å². The molecule has 2 unspecified atom stereocenters. The topological polar surface area (TPSA) is 186 Å². The van der Waals surface area contributed by atoms with Crippen molar-refractivity contribution < 1.29 is 34.8 Å². The number of aromatic nitrogens is 1. The first-order chi connectivity index (χ1) is 18.0. The highest BCUT2D eigenvalue weighted by Crippen LogP contribution is 2.53. The second-order valence-corrected chi connectivity index (χ2v) is 10.5. The number of nitrogens with one attached hydrogen (secondary N) is 1. The number of hydrogen-bond acceptors (Lipinski definition) is 10. The molecule has 5 rings (SSSR count). The lowest BCUT2D eigenvalue weighted by Gasteiger charge is -2.48. The molecule has 1 saturated carbocycles. The van der Waals surface area contributed by atoms with Gasteiger partial charge in [-0.2, -0.15) is 0 Å². The molecule has 0 aliphatic heterocycles. The lowest BCUT2D eigenvalue weighted by atomic mass is 9.57. The Balaban J connectivity index is 1.61. The maximum Gasteiger partial charge on any atom is 0.230 e. The lowest BCUT2D eigenvalue weighted by Crippen LogP contribution is -2.63. The zero-order valence-corrected chi connectivity index (χ0v) is 21.0. The summed E-state index contributed by atoms with van der Waals surface area (Å²) in [5.41, 5.74) is 4.31. The van der Waals surface area contributed by atoms with Crippen LogP contribution in [0.2, 0.25) is 0 Å². The van der Waals surface area contributed by atoms with Crippen LogP contribution < -0.4 is 16.0 Å². The fourth-order valence-corrected chi connectivity index (χ4v) is 6.22. The zero-order valence-electron chi connectivity index (χ0n) is 21.0. The Hall–Kier alpha value is -3.96. The van der Waals surface area contributed by atoms with Crippen molar-refractivity contribution in [1.82, 2.24) is 4.98 Å². The molecular formula is C27H30N4O7. The van der Waals surface area contributed by atoms with Crippen molar-refractivity contribution in [1.29, 1.82) is 0 Å². The van der Waals surface area contributed by atoms with Crippen LogP contribution in [0.3, 0.4) is 0 Å². The summed E-state index contributed by atoms with van der Waals surface area (Å²) in [5, 5.41) is 47.4. The average Bonchev–Trinajstić information content (AvgIpc) is 2.86. The number of aromatic hydroxyl groups is 1. The van der Waals surface area contributed by atoms with Crippen LogP contribution in [0.5, 0.6) is 5.75 Å². The first-order valence-electron chi connectivity index (χ1n) is 12.4. The van der Waals surface area contributed by atoms with E-state index < -0.39 is 52.7 Å². The quantitative estimate of drug-likeness (QED) is 0.307. The van der Waals surface area contributed by atoms with Gasteiger partial charge in [0.25, 0.3) is 0 Å². The summed E-state index contributed by atoms with van der Waals surface area (Å²) in [6, 6.07) is 7.13. The Bertz CT molecular complexity index is 1370. The van der Waals surface area contributed by atoms with Gasteiger partial charge >= 0.3 is 0 Å². The van der Waals surface area contributed by atoms with Gasteiger partial charge in [0.15, 0.2) is 17.2 Å². The Morgan fingerprint density at radius 1 is 1.24 bits per heavy atom. The Labute approximate surface area is 218 Å². The third-order valence-corrected chi connectivity index (χ3v) is 8.05. The number of fused-ring (bicyclic) bond motifs is 3. The predicted octanol–water partition coefficient (Wildman–Crippen LogP) is 0.819. The number of carbonyl (C=O) groups excluding carboxylic acids is 3. The summed E-state index contributed by atoms with van der Waals surface area (Å²) in [4.78, 5) is 45.0. The monoisotopic (exact) mass is 522 g/mol. The number of benzene rings is 1. The summed E-state index contributed by atoms with van der Waals surface area (Å²) in [7, 11) is 3.63. The number of anilines is 2. The predicted molar refractivity (Wildman–Crippen MR) is 137 cm³/mol. The highest BCUT2D eigenvalue weighted by molar-refractivity contribution is 6.16. The molecule has 5 atom stereocenters. The SMILES string of the molecule is CN(C)c1cc(CNc2ccccn2)c(O)c2c1C[C@H]1C[C@H]3CC(O)C(C(N)=O)C(=O)[C@@]3(O)C(O)=C1C2=O. The molecular weight excluding hydrogens is 492 g/mol. The Morgan fingerprint density at radius 2 is 1.97 bits per heavy atom. The lowest BCUT2D eigenvalue weighted by molar-refractivity contribution is -0.167. The van der Waals surface area contributed by atoms with Crippen molar-refractivity contribution in [2.24, 2.45) is 23.5 Å². The highest BCUT2D eigenvalue weighted by Gasteiger charge is 2.62. The Kier molecular flexibility index (Phi) is 6.15. The summed E-state index contributed by atoms with van der Waals surface area (Å²) >= 11 is 0. The number of phenolic OH excluding ortho intramolecular Hbond substituents is 1. The van der Waals surface area contributed by atoms with Gasteiger partial charge in [-0.05, 0) is 48.9 Å². The van der Waals surface area contributed by atoms with Gasteiger partial charge in [-0.25, -0.2) is 4.98 Å². The molecule has 3 aliphatic carbocycles. The number of rotatable bonds is 5. The molecule has 200 valence electrons. The van der Waals surface area contributed by atoms with E-state index in [2.05, 4.69) is 10.3 Å². The van der Waals surface area contributed by atoms with Crippen LogP contribution in [-0.4, -0.2) is 68.7 Å². The largest absolute Gasteiger partial charge is 0.508 e. The van der Waals surface area contributed by atoms with Gasteiger partial charge in [0.05, 0.1) is 11.7 Å². The van der Waals surface area contributed by atoms with Gasteiger partial charge in [-0.1, -0.05) is 6.07 Å². The smallest absolute Gasteiger partial charge is 0.230 e. The molecule has 7 N–H and O–H groups in total. The van der Waals surface area contributed by atoms with E-state index in [0.29, 0.717) is 22.6 Å². The summed E-state index contributed by atoms with van der Waals surface area (Å²) < 4.78 is 0. The first kappa shape index (κ1) is 25.7. The summed E-state index contributed by atoms with van der Waals surface area (Å²) in [6.45, 7) is 0.154. The number of nitrogens with zero attached hydrogens (tertiary/aromatic N) is 2. The number of ketones is 2. The third-order valence-electron chi connectivity index (χ3n) is 8.05. The minimum atomic E-state index is -2.53. The van der Waals surface area contributed by atoms with Crippen LogP contribution in [-0.2, 0) is 22.6 Å². The molecule has 1 aromatic carbocycles. The number of allylic oxidation sites excluding steroid dienone is 1. The van der Waals surface area contributed by atoms with Crippen molar-refractivity contribution >= 4 is 29.0 Å². The molecule has 0 bridgehead atoms. The molecule has 0 spiro atoms. The Morgan fingerprint density at radius 3 is 2.61 bits per heavy atom. The molecule has 1 aromatic heterocycles. The van der Waals surface area contributed by atoms with E-state index in [-0.39, 0.29) is 42.7 Å². The molecule has 1 amide bonds. The van der Waals surface area contributed by atoms with Crippen LogP contribution in [0, 0.1) is 17.8 Å². The molecule has 38 heavy (non-hydrogen) atoms. The number of primary amides is 1. The van der Waals surface area contributed by atoms with Crippen molar-refractivity contribution in [3.8, 4) is 5.75 Å². The van der Waals surface area contributed by atoms with Crippen LogP contribution >= 0.6 is 0 Å². The van der Waals surface area contributed by atoms with E-state index in [0.717, 1.165) is 0 Å². The van der Waals surface area contributed by atoms with E-state index >= 15 is 0 Å². The number of nitrogens with two attached hydrogens (primary N) is 1. The highest BCUT2D eigenvalue weighted by atomic mass is 16.3. The van der Waals surface area contributed by atoms with Gasteiger partial charge in [0.1, 0.15) is 23.2 Å².